The Morgan fingerprint density at radius 3 is 1.79 bits per heavy atom. The third kappa shape index (κ3) is 3.95. The normalized spacial score (nSPS) is 16.5. The highest BCUT2D eigenvalue weighted by atomic mass is 15.2. The highest BCUT2D eigenvalue weighted by Gasteiger charge is 2.53. The molecular formula is C58H39N3. The molecule has 3 aliphatic rings. The van der Waals surface area contributed by atoms with Gasteiger partial charge in [0, 0.05) is 38.3 Å². The molecule has 0 saturated carbocycles. The van der Waals surface area contributed by atoms with Gasteiger partial charge in [-0.15, -0.1) is 0 Å². The van der Waals surface area contributed by atoms with Crippen LogP contribution in [0, 0.1) is 0 Å². The molecule has 9 aromatic carbocycles. The number of aromatic nitrogens is 2. The van der Waals surface area contributed by atoms with E-state index in [9.17, 15) is 0 Å². The molecule has 286 valence electrons. The molecule has 1 unspecified atom stereocenters. The van der Waals surface area contributed by atoms with Crippen molar-refractivity contribution in [1.82, 2.24) is 9.13 Å². The van der Waals surface area contributed by atoms with Crippen LogP contribution in [0.5, 0.6) is 0 Å². The van der Waals surface area contributed by atoms with E-state index in [1.807, 2.05) is 0 Å². The number of nitrogens with zero attached hydrogens (tertiary/aromatic N) is 3. The minimum absolute atomic E-state index is 0.311. The van der Waals surface area contributed by atoms with E-state index in [0.29, 0.717) is 0 Å². The maximum atomic E-state index is 2.55. The summed E-state index contributed by atoms with van der Waals surface area (Å²) in [5.41, 5.74) is 20.9. The van der Waals surface area contributed by atoms with Crippen LogP contribution in [0.2, 0.25) is 0 Å². The Labute approximate surface area is 354 Å². The first-order valence-corrected chi connectivity index (χ1v) is 21.5. The molecule has 1 aliphatic carbocycles. The summed E-state index contributed by atoms with van der Waals surface area (Å²) in [6, 6.07) is 75.1. The van der Waals surface area contributed by atoms with Gasteiger partial charge in [0.1, 0.15) is 0 Å². The van der Waals surface area contributed by atoms with Crippen LogP contribution in [0.15, 0.2) is 200 Å². The molecule has 11 aromatic rings. The molecule has 1 atom stereocenters. The van der Waals surface area contributed by atoms with E-state index >= 15 is 0 Å². The van der Waals surface area contributed by atoms with Crippen LogP contribution in [0.3, 0.4) is 0 Å². The molecule has 0 saturated heterocycles. The van der Waals surface area contributed by atoms with Crippen molar-refractivity contribution < 1.29 is 0 Å². The lowest BCUT2D eigenvalue weighted by atomic mass is 9.64. The van der Waals surface area contributed by atoms with E-state index in [-0.39, 0.29) is 5.41 Å². The molecule has 61 heavy (non-hydrogen) atoms. The van der Waals surface area contributed by atoms with Crippen LogP contribution in [0.4, 0.5) is 17.1 Å². The number of hydrogen-bond acceptors (Lipinski definition) is 1. The third-order valence-corrected chi connectivity index (χ3v) is 14.4. The van der Waals surface area contributed by atoms with Crippen molar-refractivity contribution >= 4 is 60.7 Å². The molecule has 3 nitrogen and oxygen atoms in total. The van der Waals surface area contributed by atoms with Gasteiger partial charge in [-0.1, -0.05) is 153 Å². The second kappa shape index (κ2) is 11.6. The Morgan fingerprint density at radius 2 is 0.967 bits per heavy atom. The largest absolute Gasteiger partial charge is 0.310 e. The average Bonchev–Trinajstić information content (AvgIpc) is 3.93. The van der Waals surface area contributed by atoms with Crippen LogP contribution in [-0.2, 0) is 10.8 Å². The Bertz CT molecular complexity index is 3690. The molecule has 0 N–H and O–H groups in total. The van der Waals surface area contributed by atoms with Gasteiger partial charge in [-0.3, -0.25) is 0 Å². The second-order valence-electron chi connectivity index (χ2n) is 17.6. The molecule has 0 radical (unpaired) electrons. The third-order valence-electron chi connectivity index (χ3n) is 14.4. The fraction of sp³-hybridized carbons (Fsp3) is 0.0690. The summed E-state index contributed by atoms with van der Waals surface area (Å²) in [5, 5.41) is 5.09. The predicted molar refractivity (Wildman–Crippen MR) is 253 cm³/mol. The van der Waals surface area contributed by atoms with E-state index in [1.54, 1.807) is 0 Å². The van der Waals surface area contributed by atoms with Crippen molar-refractivity contribution in [2.45, 2.75) is 24.7 Å². The Hall–Kier alpha value is -7.62. The van der Waals surface area contributed by atoms with Gasteiger partial charge in [0.2, 0.25) is 0 Å². The van der Waals surface area contributed by atoms with Crippen LogP contribution < -0.4 is 4.90 Å². The lowest BCUT2D eigenvalue weighted by Crippen LogP contribution is -2.34. The summed E-state index contributed by atoms with van der Waals surface area (Å²) in [5.74, 6) is 0. The average molecular weight is 778 g/mol. The second-order valence-corrected chi connectivity index (χ2v) is 17.6. The van der Waals surface area contributed by atoms with Crippen LogP contribution in [0.25, 0.3) is 66.1 Å². The van der Waals surface area contributed by atoms with E-state index in [2.05, 4.69) is 228 Å². The summed E-state index contributed by atoms with van der Waals surface area (Å²) >= 11 is 0. The highest BCUT2D eigenvalue weighted by Crippen LogP contribution is 2.65. The maximum absolute atomic E-state index is 2.55. The number of hydrogen-bond donors (Lipinski definition) is 0. The van der Waals surface area contributed by atoms with E-state index in [1.165, 1.54) is 111 Å². The summed E-state index contributed by atoms with van der Waals surface area (Å²) in [6.45, 7) is 4.89. The quantitative estimate of drug-likeness (QED) is 0.170. The number of anilines is 3. The summed E-state index contributed by atoms with van der Waals surface area (Å²) < 4.78 is 4.94. The fourth-order valence-corrected chi connectivity index (χ4v) is 12.2. The summed E-state index contributed by atoms with van der Waals surface area (Å²) in [7, 11) is 0. The fourth-order valence-electron chi connectivity index (χ4n) is 12.2. The molecular weight excluding hydrogens is 739 g/mol. The van der Waals surface area contributed by atoms with E-state index < -0.39 is 5.41 Å². The van der Waals surface area contributed by atoms with Gasteiger partial charge in [-0.2, -0.15) is 0 Å². The molecule has 2 aliphatic heterocycles. The van der Waals surface area contributed by atoms with Gasteiger partial charge in [0.05, 0.1) is 44.5 Å². The van der Waals surface area contributed by atoms with E-state index in [4.69, 9.17) is 0 Å². The van der Waals surface area contributed by atoms with Crippen molar-refractivity contribution in [1.29, 1.82) is 0 Å². The van der Waals surface area contributed by atoms with Crippen molar-refractivity contribution in [3.05, 3.63) is 234 Å². The van der Waals surface area contributed by atoms with Crippen LogP contribution in [-0.4, -0.2) is 9.13 Å². The minimum Gasteiger partial charge on any atom is -0.310 e. The zero-order chi connectivity index (χ0) is 40.2. The van der Waals surface area contributed by atoms with Crippen molar-refractivity contribution in [3.8, 4) is 22.5 Å². The predicted octanol–water partition coefficient (Wildman–Crippen LogP) is 14.7. The Kier molecular flexibility index (Phi) is 6.30. The molecule has 0 bridgehead atoms. The molecule has 14 rings (SSSR count). The molecule has 3 heteroatoms. The van der Waals surface area contributed by atoms with Gasteiger partial charge in [-0.25, -0.2) is 0 Å². The molecule has 0 amide bonds. The first-order chi connectivity index (χ1) is 30.1. The Morgan fingerprint density at radius 1 is 0.361 bits per heavy atom. The smallest absolute Gasteiger partial charge is 0.0754 e. The SMILES string of the molecule is CC1(C)c2ccccc2N(c2ccc3c(c2)c2ccccc2n3-c2ccccc2)c2ccc3c(c21)-c1ccccc1C31c2ccccc2-n2c3ccccc3c3cccc1c32. The zero-order valence-electron chi connectivity index (χ0n) is 33.9. The van der Waals surface area contributed by atoms with Crippen molar-refractivity contribution in [2.75, 3.05) is 4.90 Å². The van der Waals surface area contributed by atoms with Gasteiger partial charge < -0.3 is 14.0 Å². The number of fused-ring (bicyclic) bond motifs is 18. The maximum Gasteiger partial charge on any atom is 0.0754 e. The molecule has 2 aromatic heterocycles. The number of rotatable bonds is 2. The van der Waals surface area contributed by atoms with Gasteiger partial charge in [-0.05, 0) is 105 Å². The van der Waals surface area contributed by atoms with Crippen molar-refractivity contribution in [3.63, 3.8) is 0 Å². The highest BCUT2D eigenvalue weighted by molar-refractivity contribution is 6.14. The minimum atomic E-state index is -0.516. The number of benzene rings is 9. The zero-order valence-corrected chi connectivity index (χ0v) is 33.9. The van der Waals surface area contributed by atoms with Crippen LogP contribution in [0.1, 0.15) is 47.2 Å². The molecule has 0 fully saturated rings. The monoisotopic (exact) mass is 777 g/mol. The molecule has 1 spiro atoms. The van der Waals surface area contributed by atoms with Crippen LogP contribution >= 0.6 is 0 Å². The van der Waals surface area contributed by atoms with E-state index in [0.717, 1.165) is 5.69 Å². The summed E-state index contributed by atoms with van der Waals surface area (Å²) in [4.78, 5) is 2.55. The van der Waals surface area contributed by atoms with Gasteiger partial charge in [0.15, 0.2) is 0 Å². The standard InChI is InChI=1S/C58H39N3/c1-57(2)44-24-10-14-29-51(44)60(37-31-33-50-42(35-37)39-20-8-12-27-48(39)59(50)36-17-4-3-5-18-36)53-34-32-46-54(55(53)57)41-21-6-9-23-43(41)58(46)45-25-11-15-30-52(45)61-49-28-13-7-19-38(49)40-22-16-26-47(58)56(40)61/h3-35H,1-2H3. The first-order valence-electron chi connectivity index (χ1n) is 21.5. The van der Waals surface area contributed by atoms with Gasteiger partial charge in [0.25, 0.3) is 0 Å². The first kappa shape index (κ1) is 33.2. The lowest BCUT2D eigenvalue weighted by Gasteiger charge is -2.44. The lowest BCUT2D eigenvalue weighted by molar-refractivity contribution is 0.632. The molecule has 4 heterocycles. The Balaban J connectivity index is 1.09. The van der Waals surface area contributed by atoms with Crippen molar-refractivity contribution in [2.24, 2.45) is 0 Å². The van der Waals surface area contributed by atoms with Gasteiger partial charge >= 0.3 is 0 Å². The topological polar surface area (TPSA) is 13.1 Å². The number of para-hydroxylation sites is 6. The summed E-state index contributed by atoms with van der Waals surface area (Å²) in [6.07, 6.45) is 0.